The summed E-state index contributed by atoms with van der Waals surface area (Å²) >= 11 is 6.13. The number of carbonyl (C=O) groups excluding carboxylic acids is 2. The molecule has 0 amide bonds. The molecule has 2 aromatic rings. The van der Waals surface area contributed by atoms with E-state index >= 15 is 0 Å². The van der Waals surface area contributed by atoms with Crippen molar-refractivity contribution in [1.82, 2.24) is 0 Å². The minimum Gasteiger partial charge on any atom is -0.468 e. The molecule has 5 nitrogen and oxygen atoms in total. The molecule has 4 rings (SSSR count). The Hall–Kier alpha value is -2.79. The van der Waals surface area contributed by atoms with Crippen LogP contribution < -0.4 is 10.2 Å². The van der Waals surface area contributed by atoms with E-state index in [1.165, 1.54) is 7.11 Å². The van der Waals surface area contributed by atoms with Gasteiger partial charge in [0.1, 0.15) is 6.54 Å². The van der Waals surface area contributed by atoms with Crippen molar-refractivity contribution >= 4 is 34.7 Å². The van der Waals surface area contributed by atoms with Crippen molar-refractivity contribution in [3.63, 3.8) is 0 Å². The first kappa shape index (κ1) is 20.5. The quantitative estimate of drug-likeness (QED) is 0.692. The summed E-state index contributed by atoms with van der Waals surface area (Å²) in [5.41, 5.74) is 4.11. The number of nitrogens with zero attached hydrogens (tertiary/aromatic N) is 1. The minimum absolute atomic E-state index is 0.0237. The van der Waals surface area contributed by atoms with Crippen molar-refractivity contribution in [3.8, 4) is 0 Å². The van der Waals surface area contributed by atoms with Crippen molar-refractivity contribution in [2.45, 2.75) is 32.7 Å². The Morgan fingerprint density at radius 3 is 2.57 bits per heavy atom. The summed E-state index contributed by atoms with van der Waals surface area (Å²) in [5.74, 6) is -0.271. The first-order chi connectivity index (χ1) is 14.3. The van der Waals surface area contributed by atoms with Crippen molar-refractivity contribution < 1.29 is 14.3 Å². The van der Waals surface area contributed by atoms with Gasteiger partial charge in [-0.05, 0) is 41.7 Å². The van der Waals surface area contributed by atoms with Crippen LogP contribution in [0.25, 0.3) is 0 Å². The fourth-order valence-electron chi connectivity index (χ4n) is 4.42. The molecule has 0 radical (unpaired) electrons. The lowest BCUT2D eigenvalue weighted by Crippen LogP contribution is -2.39. The molecule has 1 aliphatic heterocycles. The Bertz CT molecular complexity index is 1030. The maximum Gasteiger partial charge on any atom is 0.325 e. The Balaban J connectivity index is 1.96. The Morgan fingerprint density at radius 1 is 1.17 bits per heavy atom. The highest BCUT2D eigenvalue weighted by molar-refractivity contribution is 6.30. The number of hydrogen-bond acceptors (Lipinski definition) is 5. The zero-order chi connectivity index (χ0) is 21.5. The molecule has 0 saturated heterocycles. The summed E-state index contributed by atoms with van der Waals surface area (Å²) in [4.78, 5) is 27.8. The number of methoxy groups -OCH3 is 1. The zero-order valence-electron chi connectivity index (χ0n) is 17.4. The molecule has 0 spiro atoms. The van der Waals surface area contributed by atoms with Crippen LogP contribution in [0.2, 0.25) is 5.02 Å². The molecule has 2 aliphatic rings. The molecule has 1 N–H and O–H groups in total. The highest BCUT2D eigenvalue weighted by atomic mass is 35.5. The highest BCUT2D eigenvalue weighted by Crippen LogP contribution is 2.48. The van der Waals surface area contributed by atoms with Crippen LogP contribution in [0.4, 0.5) is 11.4 Å². The molecule has 0 bridgehead atoms. The van der Waals surface area contributed by atoms with Gasteiger partial charge in [0.2, 0.25) is 0 Å². The van der Waals surface area contributed by atoms with Gasteiger partial charge in [0.05, 0.1) is 24.5 Å². The number of allylic oxidation sites excluding steroid dienone is 1. The molecular weight excluding hydrogens is 400 g/mol. The number of para-hydroxylation sites is 2. The number of ketones is 1. The van der Waals surface area contributed by atoms with Gasteiger partial charge in [0.15, 0.2) is 5.78 Å². The van der Waals surface area contributed by atoms with Gasteiger partial charge in [0.25, 0.3) is 0 Å². The molecule has 2 aromatic carbocycles. The molecule has 0 fully saturated rings. The molecule has 0 unspecified atom stereocenters. The number of nitrogens with one attached hydrogen (secondary N) is 1. The molecule has 156 valence electrons. The van der Waals surface area contributed by atoms with E-state index in [0.717, 1.165) is 29.1 Å². The topological polar surface area (TPSA) is 58.6 Å². The fraction of sp³-hybridized carbons (Fsp3) is 0.333. The van der Waals surface area contributed by atoms with E-state index in [4.69, 9.17) is 16.3 Å². The number of anilines is 2. The van der Waals surface area contributed by atoms with E-state index in [-0.39, 0.29) is 23.7 Å². The third-order valence-electron chi connectivity index (χ3n) is 5.72. The summed E-state index contributed by atoms with van der Waals surface area (Å²) in [7, 11) is 1.38. The van der Waals surface area contributed by atoms with Crippen LogP contribution in [-0.4, -0.2) is 25.4 Å². The lowest BCUT2D eigenvalue weighted by Gasteiger charge is -2.37. The predicted molar refractivity (Wildman–Crippen MR) is 119 cm³/mol. The third kappa shape index (κ3) is 3.82. The maximum atomic E-state index is 13.4. The van der Waals surface area contributed by atoms with Crippen LogP contribution in [0.5, 0.6) is 0 Å². The van der Waals surface area contributed by atoms with Gasteiger partial charge in [-0.25, -0.2) is 0 Å². The van der Waals surface area contributed by atoms with E-state index in [2.05, 4.69) is 19.2 Å². The number of benzene rings is 2. The molecule has 0 aromatic heterocycles. The Morgan fingerprint density at radius 2 is 1.87 bits per heavy atom. The average Bonchev–Trinajstić information content (AvgIpc) is 2.82. The first-order valence-electron chi connectivity index (χ1n) is 10.0. The van der Waals surface area contributed by atoms with Crippen molar-refractivity contribution in [2.24, 2.45) is 5.41 Å². The monoisotopic (exact) mass is 424 g/mol. The van der Waals surface area contributed by atoms with Gasteiger partial charge in [-0.1, -0.05) is 49.7 Å². The molecule has 6 heteroatoms. The number of carbonyl (C=O) groups is 2. The van der Waals surface area contributed by atoms with Gasteiger partial charge < -0.3 is 15.0 Å². The van der Waals surface area contributed by atoms with Gasteiger partial charge in [-0.15, -0.1) is 0 Å². The number of Topliss-reactive ketones (excluding diaryl/α,β-unsaturated/α-hetero) is 1. The lowest BCUT2D eigenvalue weighted by molar-refractivity contribution is -0.139. The van der Waals surface area contributed by atoms with Gasteiger partial charge in [0, 0.05) is 22.7 Å². The first-order valence-corrected chi connectivity index (χ1v) is 10.4. The van der Waals surface area contributed by atoms with E-state index < -0.39 is 6.04 Å². The van der Waals surface area contributed by atoms with Crippen LogP contribution in [0.1, 0.15) is 38.3 Å². The number of halogens is 1. The van der Waals surface area contributed by atoms with Crippen LogP contribution in [-0.2, 0) is 14.3 Å². The second kappa shape index (κ2) is 7.80. The normalized spacial score (nSPS) is 20.1. The lowest BCUT2D eigenvalue weighted by atomic mass is 9.73. The summed E-state index contributed by atoms with van der Waals surface area (Å²) < 4.78 is 4.98. The van der Waals surface area contributed by atoms with E-state index in [0.29, 0.717) is 17.0 Å². The van der Waals surface area contributed by atoms with Crippen LogP contribution in [0, 0.1) is 5.41 Å². The zero-order valence-corrected chi connectivity index (χ0v) is 18.1. The van der Waals surface area contributed by atoms with Gasteiger partial charge in [-0.3, -0.25) is 9.59 Å². The second-order valence-corrected chi connectivity index (χ2v) is 9.07. The summed E-state index contributed by atoms with van der Waals surface area (Å²) in [6, 6.07) is 14.9. The smallest absolute Gasteiger partial charge is 0.325 e. The molecule has 1 heterocycles. The van der Waals surface area contributed by atoms with E-state index in [1.54, 1.807) is 0 Å². The SMILES string of the molecule is COC(=O)CN1c2ccccc2NC2=C(C(=O)CC(C)(C)C2)[C@H]1c1ccc(Cl)cc1. The van der Waals surface area contributed by atoms with Gasteiger partial charge >= 0.3 is 5.97 Å². The Kier molecular flexibility index (Phi) is 5.33. The fourth-order valence-corrected chi connectivity index (χ4v) is 4.55. The maximum absolute atomic E-state index is 13.4. The van der Waals surface area contributed by atoms with Crippen LogP contribution in [0.15, 0.2) is 59.8 Å². The van der Waals surface area contributed by atoms with E-state index in [9.17, 15) is 9.59 Å². The summed E-state index contributed by atoms with van der Waals surface area (Å²) in [6.45, 7) is 4.24. The molecule has 1 atom stereocenters. The number of esters is 1. The average molecular weight is 425 g/mol. The largest absolute Gasteiger partial charge is 0.468 e. The van der Waals surface area contributed by atoms with Gasteiger partial charge in [-0.2, -0.15) is 0 Å². The van der Waals surface area contributed by atoms with Crippen LogP contribution in [0.3, 0.4) is 0 Å². The predicted octanol–water partition coefficient (Wildman–Crippen LogP) is 5.13. The highest BCUT2D eigenvalue weighted by Gasteiger charge is 2.41. The number of hydrogen-bond donors (Lipinski definition) is 1. The van der Waals surface area contributed by atoms with Crippen LogP contribution >= 0.6 is 11.6 Å². The number of rotatable bonds is 3. The standard InChI is InChI=1S/C24H25ClN2O3/c1-24(2)12-18-22(20(28)13-24)23(15-8-10-16(25)11-9-15)27(14-21(29)30-3)19-7-5-4-6-17(19)26-18/h4-11,23,26H,12-14H2,1-3H3/t23-/m1/s1. The summed E-state index contributed by atoms with van der Waals surface area (Å²) in [6.07, 6.45) is 1.21. The third-order valence-corrected chi connectivity index (χ3v) is 5.97. The van der Waals surface area contributed by atoms with Crippen molar-refractivity contribution in [3.05, 3.63) is 70.4 Å². The Labute approximate surface area is 181 Å². The van der Waals surface area contributed by atoms with Crippen molar-refractivity contribution in [1.29, 1.82) is 0 Å². The minimum atomic E-state index is -0.420. The number of ether oxygens (including phenoxy) is 1. The second-order valence-electron chi connectivity index (χ2n) is 8.63. The van der Waals surface area contributed by atoms with Crippen molar-refractivity contribution in [2.75, 3.05) is 23.9 Å². The van der Waals surface area contributed by atoms with E-state index in [1.807, 2.05) is 53.4 Å². The molecule has 0 saturated carbocycles. The summed E-state index contributed by atoms with van der Waals surface area (Å²) in [5, 5.41) is 4.14. The molecule has 30 heavy (non-hydrogen) atoms. The number of fused-ring (bicyclic) bond motifs is 1. The molecule has 1 aliphatic carbocycles. The molecular formula is C24H25ClN2O3.